The molecule has 2 rings (SSSR count). The Labute approximate surface area is 137 Å². The first-order valence-electron chi connectivity index (χ1n) is 7.20. The first-order valence-corrected chi connectivity index (χ1v) is 9.04. The van der Waals surface area contributed by atoms with Crippen LogP contribution in [-0.4, -0.2) is 43.8 Å². The summed E-state index contributed by atoms with van der Waals surface area (Å²) in [6, 6.07) is 3.95. The van der Waals surface area contributed by atoms with Crippen molar-refractivity contribution < 1.29 is 31.1 Å². The zero-order valence-electron chi connectivity index (χ0n) is 12.8. The SMILES string of the molecule is CS(=O)(=O)N1CCCC[C@@H]1C(=O)Nc1cccc(OC(F)(F)F)c1. The lowest BCUT2D eigenvalue weighted by atomic mass is 10.0. The van der Waals surface area contributed by atoms with Gasteiger partial charge >= 0.3 is 6.36 Å². The molecule has 1 aliphatic heterocycles. The van der Waals surface area contributed by atoms with Gasteiger partial charge in [0.25, 0.3) is 0 Å². The Morgan fingerprint density at radius 3 is 2.67 bits per heavy atom. The van der Waals surface area contributed by atoms with Gasteiger partial charge in [-0.3, -0.25) is 4.79 Å². The minimum Gasteiger partial charge on any atom is -0.406 e. The number of carbonyl (C=O) groups excluding carboxylic acids is 1. The fraction of sp³-hybridized carbons (Fsp3) is 0.500. The molecule has 10 heteroatoms. The third kappa shape index (κ3) is 5.10. The number of benzene rings is 1. The van der Waals surface area contributed by atoms with Crippen molar-refractivity contribution in [2.24, 2.45) is 0 Å². The molecule has 0 spiro atoms. The second-order valence-corrected chi connectivity index (χ2v) is 7.39. The zero-order valence-corrected chi connectivity index (χ0v) is 13.7. The Kier molecular flexibility index (Phi) is 5.38. The molecule has 0 bridgehead atoms. The van der Waals surface area contributed by atoms with Gasteiger partial charge in [-0.1, -0.05) is 12.5 Å². The van der Waals surface area contributed by atoms with Crippen LogP contribution in [0.3, 0.4) is 0 Å². The Balaban J connectivity index is 2.12. The van der Waals surface area contributed by atoms with Gasteiger partial charge in [0, 0.05) is 18.3 Å². The van der Waals surface area contributed by atoms with E-state index in [1.165, 1.54) is 12.1 Å². The van der Waals surface area contributed by atoms with Crippen molar-refractivity contribution in [3.63, 3.8) is 0 Å². The van der Waals surface area contributed by atoms with Crippen molar-refractivity contribution in [2.45, 2.75) is 31.7 Å². The third-order valence-corrected chi connectivity index (χ3v) is 4.81. The van der Waals surface area contributed by atoms with E-state index in [1.807, 2.05) is 0 Å². The molecule has 1 saturated heterocycles. The first kappa shape index (κ1) is 18.5. The van der Waals surface area contributed by atoms with Gasteiger partial charge in [-0.25, -0.2) is 8.42 Å². The molecule has 1 N–H and O–H groups in total. The summed E-state index contributed by atoms with van der Waals surface area (Å²) in [6.45, 7) is 0.244. The van der Waals surface area contributed by atoms with Gasteiger partial charge < -0.3 is 10.1 Å². The van der Waals surface area contributed by atoms with E-state index in [9.17, 15) is 26.4 Å². The Bertz CT molecular complexity index is 706. The number of amides is 1. The molecule has 1 aromatic rings. The second kappa shape index (κ2) is 6.98. The molecule has 6 nitrogen and oxygen atoms in total. The van der Waals surface area contributed by atoms with Crippen LogP contribution in [0.2, 0.25) is 0 Å². The van der Waals surface area contributed by atoms with Crippen LogP contribution in [0.5, 0.6) is 5.75 Å². The Morgan fingerprint density at radius 1 is 1.33 bits per heavy atom. The van der Waals surface area contributed by atoms with Crippen molar-refractivity contribution in [3.05, 3.63) is 24.3 Å². The molecule has 134 valence electrons. The molecule has 1 aromatic carbocycles. The van der Waals surface area contributed by atoms with Crippen molar-refractivity contribution in [3.8, 4) is 5.75 Å². The molecule has 24 heavy (non-hydrogen) atoms. The minimum absolute atomic E-state index is 0.0979. The summed E-state index contributed by atoms with van der Waals surface area (Å²) in [6.07, 6.45) is -2.10. The van der Waals surface area contributed by atoms with Crippen LogP contribution in [0.15, 0.2) is 24.3 Å². The van der Waals surface area contributed by atoms with Crippen LogP contribution < -0.4 is 10.1 Å². The van der Waals surface area contributed by atoms with Crippen LogP contribution in [-0.2, 0) is 14.8 Å². The summed E-state index contributed by atoms with van der Waals surface area (Å²) >= 11 is 0. The fourth-order valence-corrected chi connectivity index (χ4v) is 3.68. The molecular formula is C14H17F3N2O4S. The van der Waals surface area contributed by atoms with Gasteiger partial charge in [-0.05, 0) is 25.0 Å². The second-order valence-electron chi connectivity index (χ2n) is 5.45. The van der Waals surface area contributed by atoms with Gasteiger partial charge in [-0.2, -0.15) is 4.31 Å². The number of sulfonamides is 1. The largest absolute Gasteiger partial charge is 0.573 e. The molecule has 0 radical (unpaired) electrons. The normalized spacial score (nSPS) is 19.8. The maximum Gasteiger partial charge on any atom is 0.573 e. The number of alkyl halides is 3. The summed E-state index contributed by atoms with van der Waals surface area (Å²) in [5, 5.41) is 2.45. The van der Waals surface area contributed by atoms with E-state index >= 15 is 0 Å². The summed E-state index contributed by atoms with van der Waals surface area (Å²) in [5.74, 6) is -1.05. The van der Waals surface area contributed by atoms with E-state index in [0.29, 0.717) is 19.3 Å². The molecule has 1 amide bonds. The Hall–Kier alpha value is -1.81. The number of halogens is 3. The molecule has 0 aromatic heterocycles. The third-order valence-electron chi connectivity index (χ3n) is 3.52. The summed E-state index contributed by atoms with van der Waals surface area (Å²) < 4.78 is 65.1. The average Bonchev–Trinajstić information content (AvgIpc) is 2.45. The van der Waals surface area contributed by atoms with Crippen molar-refractivity contribution in [2.75, 3.05) is 18.1 Å². The smallest absolute Gasteiger partial charge is 0.406 e. The number of piperidine rings is 1. The quantitative estimate of drug-likeness (QED) is 0.888. The maximum absolute atomic E-state index is 12.3. The van der Waals surface area contributed by atoms with Crippen LogP contribution in [0.4, 0.5) is 18.9 Å². The molecular weight excluding hydrogens is 349 g/mol. The van der Waals surface area contributed by atoms with Crippen molar-refractivity contribution in [1.82, 2.24) is 4.31 Å². The van der Waals surface area contributed by atoms with Gasteiger partial charge in [0.1, 0.15) is 11.8 Å². The summed E-state index contributed by atoms with van der Waals surface area (Å²) in [5.41, 5.74) is 0.0979. The lowest BCUT2D eigenvalue weighted by Crippen LogP contribution is -2.49. The van der Waals surface area contributed by atoms with E-state index in [-0.39, 0.29) is 12.2 Å². The number of nitrogens with zero attached hydrogens (tertiary/aromatic N) is 1. The highest BCUT2D eigenvalue weighted by molar-refractivity contribution is 7.88. The van der Waals surface area contributed by atoms with E-state index in [0.717, 1.165) is 22.7 Å². The molecule has 1 aliphatic rings. The predicted molar refractivity (Wildman–Crippen MR) is 80.9 cm³/mol. The zero-order chi connectivity index (χ0) is 18.0. The first-order chi connectivity index (χ1) is 11.1. The number of carbonyl (C=O) groups is 1. The highest BCUT2D eigenvalue weighted by Crippen LogP contribution is 2.26. The van der Waals surface area contributed by atoms with Crippen molar-refractivity contribution >= 4 is 21.6 Å². The molecule has 1 fully saturated rings. The van der Waals surface area contributed by atoms with Crippen LogP contribution in [0, 0.1) is 0 Å². The van der Waals surface area contributed by atoms with Crippen molar-refractivity contribution in [1.29, 1.82) is 0 Å². The average molecular weight is 366 g/mol. The summed E-state index contributed by atoms with van der Waals surface area (Å²) in [4.78, 5) is 12.3. The van der Waals surface area contributed by atoms with Gasteiger partial charge in [0.2, 0.25) is 15.9 Å². The predicted octanol–water partition coefficient (Wildman–Crippen LogP) is 2.34. The number of ether oxygens (including phenoxy) is 1. The topological polar surface area (TPSA) is 75.7 Å². The van der Waals surface area contributed by atoms with E-state index in [2.05, 4.69) is 10.1 Å². The highest BCUT2D eigenvalue weighted by Gasteiger charge is 2.35. The molecule has 0 aliphatic carbocycles. The fourth-order valence-electron chi connectivity index (χ4n) is 2.56. The highest BCUT2D eigenvalue weighted by atomic mass is 32.2. The van der Waals surface area contributed by atoms with Crippen LogP contribution in [0.25, 0.3) is 0 Å². The number of rotatable bonds is 4. The number of nitrogens with one attached hydrogen (secondary N) is 1. The van der Waals surface area contributed by atoms with E-state index in [4.69, 9.17) is 0 Å². The standard InChI is InChI=1S/C14H17F3N2O4S/c1-24(21,22)19-8-3-2-7-12(19)13(20)18-10-5-4-6-11(9-10)23-14(15,16)17/h4-6,9,12H,2-3,7-8H2,1H3,(H,18,20)/t12-/m1/s1. The molecule has 1 heterocycles. The molecule has 1 atom stereocenters. The van der Waals surface area contributed by atoms with Gasteiger partial charge in [-0.15, -0.1) is 13.2 Å². The van der Waals surface area contributed by atoms with E-state index < -0.39 is 34.1 Å². The maximum atomic E-state index is 12.3. The van der Waals surface area contributed by atoms with Gasteiger partial charge in [0.05, 0.1) is 6.26 Å². The van der Waals surface area contributed by atoms with Gasteiger partial charge in [0.15, 0.2) is 0 Å². The molecule has 0 unspecified atom stereocenters. The van der Waals surface area contributed by atoms with Crippen LogP contribution in [0.1, 0.15) is 19.3 Å². The number of hydrogen-bond donors (Lipinski definition) is 1. The lowest BCUT2D eigenvalue weighted by molar-refractivity contribution is -0.274. The minimum atomic E-state index is -4.83. The molecule has 0 saturated carbocycles. The lowest BCUT2D eigenvalue weighted by Gasteiger charge is -2.32. The van der Waals surface area contributed by atoms with E-state index in [1.54, 1.807) is 0 Å². The number of hydrogen-bond acceptors (Lipinski definition) is 4. The summed E-state index contributed by atoms with van der Waals surface area (Å²) in [7, 11) is -3.55. The number of anilines is 1. The van der Waals surface area contributed by atoms with Crippen LogP contribution >= 0.6 is 0 Å². The Morgan fingerprint density at radius 2 is 2.04 bits per heavy atom. The monoisotopic (exact) mass is 366 g/mol.